The Hall–Kier alpha value is -5.87. The first-order valence-electron chi connectivity index (χ1n) is 17.7. The Balaban J connectivity index is 1.86. The average Bonchev–Trinajstić information content (AvgIpc) is 3.47. The van der Waals surface area contributed by atoms with E-state index in [0.29, 0.717) is 39.3 Å². The lowest BCUT2D eigenvalue weighted by atomic mass is 9.93. The number of halogens is 1. The Bertz CT molecular complexity index is 1820. The zero-order valence-electron chi connectivity index (χ0n) is 31.0. The molecule has 296 valence electrons. The lowest BCUT2D eigenvalue weighted by Gasteiger charge is -2.20. The maximum absolute atomic E-state index is 14.3. The normalized spacial score (nSPS) is 13.3. The fourth-order valence-electron chi connectivity index (χ4n) is 6.11. The molecule has 2 aromatic carbocycles. The van der Waals surface area contributed by atoms with Crippen LogP contribution in [0.4, 0.5) is 10.1 Å². The molecule has 15 nitrogen and oxygen atoms in total. The van der Waals surface area contributed by atoms with Gasteiger partial charge in [-0.05, 0) is 86.1 Å². The highest BCUT2D eigenvalue weighted by Gasteiger charge is 2.31. The van der Waals surface area contributed by atoms with Gasteiger partial charge >= 0.3 is 5.97 Å². The van der Waals surface area contributed by atoms with Crippen molar-refractivity contribution in [3.63, 3.8) is 0 Å². The van der Waals surface area contributed by atoms with Crippen LogP contribution < -0.4 is 5.32 Å². The molecule has 0 spiro atoms. The predicted molar refractivity (Wildman–Crippen MR) is 202 cm³/mol. The number of carbonyl (C=O) groups is 2. The van der Waals surface area contributed by atoms with E-state index in [1.807, 2.05) is 43.6 Å². The van der Waals surface area contributed by atoms with E-state index in [4.69, 9.17) is 4.74 Å². The number of rotatable bonds is 23. The van der Waals surface area contributed by atoms with Crippen LogP contribution >= 0.6 is 0 Å². The smallest absolute Gasteiger partial charge is 0.308 e. The van der Waals surface area contributed by atoms with Crippen molar-refractivity contribution < 1.29 is 48.8 Å². The molecule has 3 aromatic rings. The van der Waals surface area contributed by atoms with Crippen LogP contribution in [0.3, 0.4) is 0 Å². The SMILES string of the molecule is C=C/C=C(\C=C/C)c1c(C(=O)Nc2ccccc2)c(C(C)C)n(CCC(O)C[C@@H](O)CC(=O)OCCCC(CO[N+](=O)[O-])O[N+](=O)[O-])c1-c1ccc(F)cc1. The first-order chi connectivity index (χ1) is 26.2. The molecule has 3 atom stereocenters. The molecule has 0 radical (unpaired) electrons. The number of nitrogens with one attached hydrogen (secondary N) is 1. The number of aromatic nitrogens is 1. The van der Waals surface area contributed by atoms with Gasteiger partial charge in [-0.3, -0.25) is 9.59 Å². The second-order valence-electron chi connectivity index (χ2n) is 12.8. The van der Waals surface area contributed by atoms with E-state index in [9.17, 15) is 44.4 Å². The number of nitrogens with zero attached hydrogens (tertiary/aromatic N) is 3. The fourth-order valence-corrected chi connectivity index (χ4v) is 6.11. The second kappa shape index (κ2) is 21.7. The highest BCUT2D eigenvalue weighted by Crippen LogP contribution is 2.41. The number of benzene rings is 2. The molecule has 0 aliphatic heterocycles. The Labute approximate surface area is 317 Å². The Kier molecular flexibility index (Phi) is 17.2. The van der Waals surface area contributed by atoms with Gasteiger partial charge in [0.15, 0.2) is 0 Å². The summed E-state index contributed by atoms with van der Waals surface area (Å²) >= 11 is 0. The molecule has 0 saturated carbocycles. The van der Waals surface area contributed by atoms with Gasteiger partial charge < -0.3 is 34.5 Å². The summed E-state index contributed by atoms with van der Waals surface area (Å²) in [5, 5.41) is 43.6. The van der Waals surface area contributed by atoms with Crippen LogP contribution in [0.25, 0.3) is 16.8 Å². The Morgan fingerprint density at radius 3 is 2.29 bits per heavy atom. The van der Waals surface area contributed by atoms with E-state index < -0.39 is 53.3 Å². The predicted octanol–water partition coefficient (Wildman–Crippen LogP) is 6.82. The van der Waals surface area contributed by atoms with Crippen molar-refractivity contribution >= 4 is 23.1 Å². The third-order valence-electron chi connectivity index (χ3n) is 8.33. The van der Waals surface area contributed by atoms with Gasteiger partial charge in [0.25, 0.3) is 16.1 Å². The summed E-state index contributed by atoms with van der Waals surface area (Å²) in [5.41, 5.74) is 4.13. The van der Waals surface area contributed by atoms with Crippen molar-refractivity contribution in [1.29, 1.82) is 0 Å². The highest BCUT2D eigenvalue weighted by atomic mass is 19.1. The number of para-hydroxylation sites is 1. The number of hydrogen-bond acceptors (Lipinski definition) is 11. The fraction of sp³-hybridized carbons (Fsp3) is 0.385. The molecule has 0 aliphatic carbocycles. The first kappa shape index (κ1) is 43.5. The zero-order chi connectivity index (χ0) is 40.5. The molecule has 2 unspecified atom stereocenters. The van der Waals surface area contributed by atoms with Crippen molar-refractivity contribution in [2.24, 2.45) is 0 Å². The number of aliphatic hydroxyl groups is 2. The minimum atomic E-state index is -1.29. The third kappa shape index (κ3) is 13.5. The van der Waals surface area contributed by atoms with Gasteiger partial charge in [0.2, 0.25) is 0 Å². The van der Waals surface area contributed by atoms with Gasteiger partial charge in [0, 0.05) is 23.5 Å². The van der Waals surface area contributed by atoms with Crippen molar-refractivity contribution in [2.45, 2.75) is 83.6 Å². The average molecular weight is 767 g/mol. The number of ether oxygens (including phenoxy) is 1. The van der Waals surface area contributed by atoms with E-state index >= 15 is 0 Å². The second-order valence-corrected chi connectivity index (χ2v) is 12.8. The summed E-state index contributed by atoms with van der Waals surface area (Å²) in [4.78, 5) is 56.2. The van der Waals surface area contributed by atoms with Crippen LogP contribution in [0.1, 0.15) is 80.4 Å². The van der Waals surface area contributed by atoms with Gasteiger partial charge in [-0.2, -0.15) is 0 Å². The van der Waals surface area contributed by atoms with E-state index in [2.05, 4.69) is 21.6 Å². The van der Waals surface area contributed by atoms with E-state index in [0.717, 1.165) is 0 Å². The molecule has 16 heteroatoms. The summed E-state index contributed by atoms with van der Waals surface area (Å²) in [5.74, 6) is -1.81. The van der Waals surface area contributed by atoms with E-state index in [1.165, 1.54) is 12.1 Å². The quantitative estimate of drug-likeness (QED) is 0.0300. The summed E-state index contributed by atoms with van der Waals surface area (Å²) in [6.07, 6.45) is 2.87. The zero-order valence-corrected chi connectivity index (χ0v) is 31.0. The molecular formula is C39H47FN4O11. The molecule has 1 aromatic heterocycles. The number of hydrogen-bond donors (Lipinski definition) is 3. The molecule has 3 rings (SSSR count). The van der Waals surface area contributed by atoms with Crippen molar-refractivity contribution in [1.82, 2.24) is 4.57 Å². The van der Waals surface area contributed by atoms with Crippen LogP contribution in [0, 0.1) is 26.0 Å². The van der Waals surface area contributed by atoms with Gasteiger partial charge in [0.1, 0.15) is 18.5 Å². The minimum Gasteiger partial charge on any atom is -0.466 e. The monoisotopic (exact) mass is 766 g/mol. The first-order valence-corrected chi connectivity index (χ1v) is 17.7. The molecular weight excluding hydrogens is 719 g/mol. The molecule has 55 heavy (non-hydrogen) atoms. The standard InChI is InChI=1S/C39H47FN4O11/c1-5-11-27(12-6-2)35-36(39(48)41-30-13-8-7-9-14-30)37(26(3)4)42(38(35)28-16-18-29(40)19-17-28)21-20-31(45)23-32(46)24-34(47)53-22-10-15-33(55-44(51)52)25-54-43(49)50/h5-9,11-14,16-19,26,31-33,45-46H,1,10,15,20-25H2,2-4H3,(H,41,48)/b12-6-,27-11+/t31?,32-,33?/m1/s1. The number of aliphatic hydroxyl groups excluding tert-OH is 2. The van der Waals surface area contributed by atoms with Crippen LogP contribution in [-0.4, -0.2) is 68.4 Å². The summed E-state index contributed by atoms with van der Waals surface area (Å²) in [6.45, 7) is 8.89. The summed E-state index contributed by atoms with van der Waals surface area (Å²) < 4.78 is 21.2. The van der Waals surface area contributed by atoms with Gasteiger partial charge in [-0.25, -0.2) is 4.39 Å². The number of anilines is 1. The van der Waals surface area contributed by atoms with Crippen LogP contribution in [0.15, 0.2) is 85.5 Å². The van der Waals surface area contributed by atoms with Crippen LogP contribution in [0.5, 0.6) is 0 Å². The maximum Gasteiger partial charge on any atom is 0.308 e. The van der Waals surface area contributed by atoms with Crippen molar-refractivity contribution in [3.05, 3.63) is 128 Å². The molecule has 1 heterocycles. The number of allylic oxidation sites excluding steroid dienone is 5. The molecule has 3 N–H and O–H groups in total. The number of amides is 1. The molecule has 0 saturated heterocycles. The van der Waals surface area contributed by atoms with Gasteiger partial charge in [0.05, 0.1) is 36.5 Å². The number of carbonyl (C=O) groups excluding carboxylic acids is 2. The summed E-state index contributed by atoms with van der Waals surface area (Å²) in [7, 11) is 0. The topological polar surface area (TPSA) is 206 Å². The lowest BCUT2D eigenvalue weighted by molar-refractivity contribution is -0.790. The molecule has 0 aliphatic rings. The Morgan fingerprint density at radius 1 is 1.00 bits per heavy atom. The Morgan fingerprint density at radius 2 is 1.69 bits per heavy atom. The van der Waals surface area contributed by atoms with E-state index in [1.54, 1.807) is 48.6 Å². The molecule has 1 amide bonds. The minimum absolute atomic E-state index is 0.0561. The largest absolute Gasteiger partial charge is 0.466 e. The van der Waals surface area contributed by atoms with Gasteiger partial charge in [-0.1, -0.05) is 62.9 Å². The summed E-state index contributed by atoms with van der Waals surface area (Å²) in [6, 6.07) is 14.9. The van der Waals surface area contributed by atoms with Crippen molar-refractivity contribution in [2.75, 3.05) is 18.5 Å². The lowest BCUT2D eigenvalue weighted by Crippen LogP contribution is -2.25. The molecule has 0 fully saturated rings. The molecule has 0 bridgehead atoms. The van der Waals surface area contributed by atoms with Crippen LogP contribution in [0.2, 0.25) is 0 Å². The van der Waals surface area contributed by atoms with E-state index in [-0.39, 0.29) is 50.7 Å². The maximum atomic E-state index is 14.3. The van der Waals surface area contributed by atoms with Crippen LogP contribution in [-0.2, 0) is 25.8 Å². The van der Waals surface area contributed by atoms with Gasteiger partial charge in [-0.15, -0.1) is 20.2 Å². The highest BCUT2D eigenvalue weighted by molar-refractivity contribution is 6.11. The third-order valence-corrected chi connectivity index (χ3v) is 8.33. The van der Waals surface area contributed by atoms with Crippen molar-refractivity contribution in [3.8, 4) is 11.3 Å². The number of esters is 1.